The summed E-state index contributed by atoms with van der Waals surface area (Å²) < 4.78 is 10.6. The first-order valence-corrected chi connectivity index (χ1v) is 7.88. The van der Waals surface area contributed by atoms with Gasteiger partial charge < -0.3 is 14.5 Å². The Morgan fingerprint density at radius 1 is 1.26 bits per heavy atom. The zero-order valence-corrected chi connectivity index (χ0v) is 13.3. The van der Waals surface area contributed by atoms with E-state index in [0.717, 1.165) is 16.2 Å². The van der Waals surface area contributed by atoms with E-state index in [9.17, 15) is 4.79 Å². The van der Waals surface area contributed by atoms with Crippen molar-refractivity contribution in [1.82, 2.24) is 15.5 Å². The molecular formula is C16H15N3O3S. The lowest BCUT2D eigenvalue weighted by Crippen LogP contribution is -2.24. The lowest BCUT2D eigenvalue weighted by atomic mass is 10.1. The molecule has 0 saturated carbocycles. The maximum atomic E-state index is 11.9. The zero-order valence-electron chi connectivity index (χ0n) is 12.5. The Hall–Kier alpha value is -2.67. The zero-order chi connectivity index (χ0) is 16.1. The molecular weight excluding hydrogens is 314 g/mol. The van der Waals surface area contributed by atoms with Crippen LogP contribution in [-0.2, 0) is 17.8 Å². The first-order valence-electron chi connectivity index (χ1n) is 7.00. The molecule has 0 aliphatic carbocycles. The fourth-order valence-electron chi connectivity index (χ4n) is 1.99. The second-order valence-corrected chi connectivity index (χ2v) is 5.73. The molecule has 2 aromatic heterocycles. The van der Waals surface area contributed by atoms with Crippen LogP contribution >= 0.6 is 11.3 Å². The lowest BCUT2D eigenvalue weighted by Gasteiger charge is -2.04. The molecule has 0 fully saturated rings. The fraction of sp³-hybridized carbons (Fsp3) is 0.188. The van der Waals surface area contributed by atoms with E-state index < -0.39 is 0 Å². The number of nitrogens with one attached hydrogen (secondary N) is 1. The second kappa shape index (κ2) is 7.06. The van der Waals surface area contributed by atoms with Crippen molar-refractivity contribution in [3.63, 3.8) is 0 Å². The molecule has 23 heavy (non-hydrogen) atoms. The van der Waals surface area contributed by atoms with Gasteiger partial charge in [-0.2, -0.15) is 0 Å². The Kier molecular flexibility index (Phi) is 4.68. The van der Waals surface area contributed by atoms with Gasteiger partial charge in [0.25, 0.3) is 5.89 Å². The standard InChI is InChI=1S/C16H15N3O3S/c1-21-12-6-4-11(5-7-12)9-14(20)17-10-15-18-19-16(22-15)13-3-2-8-23-13/h2-8H,9-10H2,1H3,(H,17,20). The van der Waals surface area contributed by atoms with Crippen LogP contribution in [0.25, 0.3) is 10.8 Å². The molecule has 3 aromatic rings. The molecule has 0 aliphatic rings. The molecule has 0 radical (unpaired) electrons. The average Bonchev–Trinajstić information content (AvgIpc) is 3.25. The monoisotopic (exact) mass is 329 g/mol. The van der Waals surface area contributed by atoms with Crippen LogP contribution < -0.4 is 10.1 Å². The minimum absolute atomic E-state index is 0.106. The van der Waals surface area contributed by atoms with E-state index in [0.29, 0.717) is 11.8 Å². The number of carbonyl (C=O) groups is 1. The molecule has 1 N–H and O–H groups in total. The second-order valence-electron chi connectivity index (χ2n) is 4.78. The molecule has 0 saturated heterocycles. The van der Waals surface area contributed by atoms with Crippen molar-refractivity contribution < 1.29 is 13.9 Å². The van der Waals surface area contributed by atoms with Crippen molar-refractivity contribution in [1.29, 1.82) is 0 Å². The summed E-state index contributed by atoms with van der Waals surface area (Å²) in [6, 6.07) is 11.2. The van der Waals surface area contributed by atoms with Gasteiger partial charge in [-0.25, -0.2) is 0 Å². The summed E-state index contributed by atoms with van der Waals surface area (Å²) in [6.07, 6.45) is 0.288. The molecule has 118 valence electrons. The Balaban J connectivity index is 1.52. The van der Waals surface area contributed by atoms with Crippen LogP contribution in [0, 0.1) is 0 Å². The highest BCUT2D eigenvalue weighted by molar-refractivity contribution is 7.13. The summed E-state index contributed by atoms with van der Waals surface area (Å²) in [4.78, 5) is 12.9. The van der Waals surface area contributed by atoms with Crippen molar-refractivity contribution in [2.45, 2.75) is 13.0 Å². The van der Waals surface area contributed by atoms with Crippen LogP contribution in [0.5, 0.6) is 5.75 Å². The molecule has 0 bridgehead atoms. The number of amides is 1. The third-order valence-electron chi connectivity index (χ3n) is 3.16. The van der Waals surface area contributed by atoms with E-state index in [-0.39, 0.29) is 18.9 Å². The van der Waals surface area contributed by atoms with E-state index in [1.165, 1.54) is 11.3 Å². The van der Waals surface area contributed by atoms with E-state index in [1.54, 1.807) is 7.11 Å². The lowest BCUT2D eigenvalue weighted by molar-refractivity contribution is -0.120. The Bertz CT molecular complexity index is 766. The van der Waals surface area contributed by atoms with Crippen LogP contribution in [0.2, 0.25) is 0 Å². The first-order chi connectivity index (χ1) is 11.2. The summed E-state index contributed by atoms with van der Waals surface area (Å²) in [7, 11) is 1.61. The van der Waals surface area contributed by atoms with Crippen molar-refractivity contribution >= 4 is 17.2 Å². The SMILES string of the molecule is COc1ccc(CC(=O)NCc2nnc(-c3cccs3)o2)cc1. The van der Waals surface area contributed by atoms with Crippen molar-refractivity contribution in [3.8, 4) is 16.5 Å². The van der Waals surface area contributed by atoms with Gasteiger partial charge in [0.05, 0.1) is 25.0 Å². The summed E-state index contributed by atoms with van der Waals surface area (Å²) in [5.74, 6) is 1.52. The van der Waals surface area contributed by atoms with E-state index >= 15 is 0 Å². The first kappa shape index (κ1) is 15.2. The van der Waals surface area contributed by atoms with E-state index in [4.69, 9.17) is 9.15 Å². The quantitative estimate of drug-likeness (QED) is 0.752. The van der Waals surface area contributed by atoms with Crippen LogP contribution in [0.15, 0.2) is 46.2 Å². The van der Waals surface area contributed by atoms with E-state index in [1.807, 2.05) is 41.8 Å². The molecule has 0 aliphatic heterocycles. The number of ether oxygens (including phenoxy) is 1. The van der Waals surface area contributed by atoms with Gasteiger partial charge in [0, 0.05) is 0 Å². The van der Waals surface area contributed by atoms with Crippen LogP contribution in [0.4, 0.5) is 0 Å². The molecule has 7 heteroatoms. The van der Waals surface area contributed by atoms with Crippen LogP contribution in [0.3, 0.4) is 0 Å². The third kappa shape index (κ3) is 3.95. The Labute approximate surface area is 137 Å². The number of rotatable bonds is 6. The Morgan fingerprint density at radius 2 is 2.09 bits per heavy atom. The summed E-state index contributed by atoms with van der Waals surface area (Å²) in [5.41, 5.74) is 0.910. The molecule has 0 unspecified atom stereocenters. The number of carbonyl (C=O) groups excluding carboxylic acids is 1. The van der Waals surface area contributed by atoms with Crippen molar-refractivity contribution in [2.75, 3.05) is 7.11 Å². The highest BCUT2D eigenvalue weighted by Gasteiger charge is 2.10. The minimum atomic E-state index is -0.106. The number of aromatic nitrogens is 2. The highest BCUT2D eigenvalue weighted by Crippen LogP contribution is 2.22. The number of thiophene rings is 1. The molecule has 3 rings (SSSR count). The summed E-state index contributed by atoms with van der Waals surface area (Å²) >= 11 is 1.52. The number of nitrogens with zero attached hydrogens (tertiary/aromatic N) is 2. The molecule has 0 atom stereocenters. The number of benzene rings is 1. The maximum absolute atomic E-state index is 11.9. The average molecular weight is 329 g/mol. The molecule has 0 spiro atoms. The Morgan fingerprint density at radius 3 is 2.78 bits per heavy atom. The van der Waals surface area contributed by atoms with Gasteiger partial charge >= 0.3 is 0 Å². The predicted octanol–water partition coefficient (Wildman–Crippen LogP) is 2.67. The smallest absolute Gasteiger partial charge is 0.257 e. The van der Waals surface area contributed by atoms with Gasteiger partial charge in [0.15, 0.2) is 0 Å². The normalized spacial score (nSPS) is 10.5. The summed E-state index contributed by atoms with van der Waals surface area (Å²) in [6.45, 7) is 0.216. The fourth-order valence-corrected chi connectivity index (χ4v) is 2.63. The third-order valence-corrected chi connectivity index (χ3v) is 4.02. The van der Waals surface area contributed by atoms with Gasteiger partial charge in [0.2, 0.25) is 11.8 Å². The molecule has 1 amide bonds. The molecule has 2 heterocycles. The van der Waals surface area contributed by atoms with Crippen molar-refractivity contribution in [3.05, 3.63) is 53.2 Å². The minimum Gasteiger partial charge on any atom is -0.497 e. The van der Waals surface area contributed by atoms with Crippen LogP contribution in [0.1, 0.15) is 11.5 Å². The van der Waals surface area contributed by atoms with Gasteiger partial charge in [-0.3, -0.25) is 4.79 Å². The van der Waals surface area contributed by atoms with Gasteiger partial charge in [-0.05, 0) is 29.1 Å². The topological polar surface area (TPSA) is 77.2 Å². The largest absolute Gasteiger partial charge is 0.497 e. The highest BCUT2D eigenvalue weighted by atomic mass is 32.1. The van der Waals surface area contributed by atoms with Gasteiger partial charge in [-0.15, -0.1) is 21.5 Å². The number of methoxy groups -OCH3 is 1. The predicted molar refractivity (Wildman–Crippen MR) is 86.2 cm³/mol. The molecule has 1 aromatic carbocycles. The van der Waals surface area contributed by atoms with Gasteiger partial charge in [-0.1, -0.05) is 18.2 Å². The number of hydrogen-bond donors (Lipinski definition) is 1. The van der Waals surface area contributed by atoms with Crippen LogP contribution in [-0.4, -0.2) is 23.2 Å². The van der Waals surface area contributed by atoms with E-state index in [2.05, 4.69) is 15.5 Å². The van der Waals surface area contributed by atoms with Crippen molar-refractivity contribution in [2.24, 2.45) is 0 Å². The van der Waals surface area contributed by atoms with Gasteiger partial charge in [0.1, 0.15) is 5.75 Å². The molecule has 6 nitrogen and oxygen atoms in total. The summed E-state index contributed by atoms with van der Waals surface area (Å²) in [5, 5.41) is 12.6. The number of hydrogen-bond acceptors (Lipinski definition) is 6. The maximum Gasteiger partial charge on any atom is 0.257 e.